The number of hydrogen-bond acceptors (Lipinski definition) is 3. The average molecular weight is 228 g/mol. The third kappa shape index (κ3) is 2.67. The molecule has 1 saturated carbocycles. The second-order valence-corrected chi connectivity index (χ2v) is 4.81. The van der Waals surface area contributed by atoms with Gasteiger partial charge in [0.05, 0.1) is 11.6 Å². The summed E-state index contributed by atoms with van der Waals surface area (Å²) in [7, 11) is 0. The van der Waals surface area contributed by atoms with Gasteiger partial charge in [-0.25, -0.2) is 4.79 Å². The van der Waals surface area contributed by atoms with Gasteiger partial charge < -0.3 is 15.4 Å². The summed E-state index contributed by atoms with van der Waals surface area (Å²) < 4.78 is 5.27. The normalized spacial score (nSPS) is 18.8. The molecule has 2 N–H and O–H groups in total. The second-order valence-electron chi connectivity index (χ2n) is 4.81. The van der Waals surface area contributed by atoms with Crippen molar-refractivity contribution in [2.75, 3.05) is 13.1 Å². The van der Waals surface area contributed by atoms with Crippen molar-refractivity contribution in [2.24, 2.45) is 5.73 Å². The Morgan fingerprint density at radius 2 is 2.00 bits per heavy atom. The zero-order chi connectivity index (χ0) is 12.2. The van der Waals surface area contributed by atoms with Crippen molar-refractivity contribution in [3.8, 4) is 0 Å². The van der Waals surface area contributed by atoms with E-state index in [1.807, 2.05) is 25.7 Å². The maximum absolute atomic E-state index is 12.0. The first kappa shape index (κ1) is 13.3. The third-order valence-corrected chi connectivity index (χ3v) is 3.36. The number of likely N-dealkylation sites (N-methyl/N-ethyl adjacent to an activating group) is 1. The lowest BCUT2D eigenvalue weighted by Crippen LogP contribution is -2.55. The molecule has 0 aromatic carbocycles. The predicted octanol–water partition coefficient (Wildman–Crippen LogP) is 2.12. The largest absolute Gasteiger partial charge is 0.447 e. The Hall–Kier alpha value is -0.770. The van der Waals surface area contributed by atoms with Crippen LogP contribution in [0.1, 0.15) is 46.5 Å². The minimum absolute atomic E-state index is 0.0715. The number of amides is 1. The summed E-state index contributed by atoms with van der Waals surface area (Å²) in [4.78, 5) is 13.8. The highest BCUT2D eigenvalue weighted by Gasteiger charge is 2.41. The zero-order valence-electron chi connectivity index (χ0n) is 10.7. The molecular weight excluding hydrogens is 204 g/mol. The topological polar surface area (TPSA) is 55.6 Å². The Kier molecular flexibility index (Phi) is 4.59. The molecular formula is C12H24N2O2. The van der Waals surface area contributed by atoms with Gasteiger partial charge in [0.1, 0.15) is 0 Å². The maximum atomic E-state index is 12.0. The van der Waals surface area contributed by atoms with Gasteiger partial charge in [-0.05, 0) is 33.6 Å². The van der Waals surface area contributed by atoms with E-state index >= 15 is 0 Å². The summed E-state index contributed by atoms with van der Waals surface area (Å²) in [5.41, 5.74) is 5.71. The van der Waals surface area contributed by atoms with Gasteiger partial charge in [0.15, 0.2) is 0 Å². The highest BCUT2D eigenvalue weighted by Crippen LogP contribution is 2.34. The summed E-state index contributed by atoms with van der Waals surface area (Å²) in [5, 5.41) is 0. The summed E-state index contributed by atoms with van der Waals surface area (Å²) in [5.74, 6) is 0. The van der Waals surface area contributed by atoms with Crippen LogP contribution in [0.15, 0.2) is 0 Å². The highest BCUT2D eigenvalue weighted by atomic mass is 16.6. The van der Waals surface area contributed by atoms with E-state index in [2.05, 4.69) is 0 Å². The fourth-order valence-electron chi connectivity index (χ4n) is 2.54. The lowest BCUT2D eigenvalue weighted by molar-refractivity contribution is 0.0388. The summed E-state index contributed by atoms with van der Waals surface area (Å²) in [6.07, 6.45) is 4.03. The molecule has 0 aromatic heterocycles. The Morgan fingerprint density at radius 3 is 2.38 bits per heavy atom. The summed E-state index contributed by atoms with van der Waals surface area (Å²) in [6.45, 7) is 6.93. The molecule has 4 nitrogen and oxygen atoms in total. The van der Waals surface area contributed by atoms with Crippen molar-refractivity contribution in [1.82, 2.24) is 4.90 Å². The zero-order valence-corrected chi connectivity index (χ0v) is 10.7. The third-order valence-electron chi connectivity index (χ3n) is 3.36. The highest BCUT2D eigenvalue weighted by molar-refractivity contribution is 5.69. The van der Waals surface area contributed by atoms with Crippen molar-refractivity contribution >= 4 is 6.09 Å². The quantitative estimate of drug-likeness (QED) is 0.802. The standard InChI is InChI=1S/C12H24N2O2/c1-4-14(11(15)16-10(2)3)12(9-13)7-5-6-8-12/h10H,4-9,13H2,1-3H3. The van der Waals surface area contributed by atoms with Crippen molar-refractivity contribution in [3.63, 3.8) is 0 Å². The smallest absolute Gasteiger partial charge is 0.410 e. The molecule has 16 heavy (non-hydrogen) atoms. The number of ether oxygens (including phenoxy) is 1. The van der Waals surface area contributed by atoms with Crippen LogP contribution in [0.3, 0.4) is 0 Å². The first-order valence-electron chi connectivity index (χ1n) is 6.24. The van der Waals surface area contributed by atoms with E-state index in [1.54, 1.807) is 0 Å². The van der Waals surface area contributed by atoms with Gasteiger partial charge >= 0.3 is 6.09 Å². The fraction of sp³-hybridized carbons (Fsp3) is 0.917. The number of hydrogen-bond donors (Lipinski definition) is 1. The Morgan fingerprint density at radius 1 is 1.44 bits per heavy atom. The van der Waals surface area contributed by atoms with E-state index in [0.717, 1.165) is 25.7 Å². The van der Waals surface area contributed by atoms with Gasteiger partial charge in [0.2, 0.25) is 0 Å². The van der Waals surface area contributed by atoms with Crippen LogP contribution < -0.4 is 5.73 Å². The van der Waals surface area contributed by atoms with Gasteiger partial charge in [0, 0.05) is 13.1 Å². The predicted molar refractivity (Wildman–Crippen MR) is 64.3 cm³/mol. The van der Waals surface area contributed by atoms with E-state index in [9.17, 15) is 4.79 Å². The second kappa shape index (κ2) is 5.53. The lowest BCUT2D eigenvalue weighted by atomic mass is 9.95. The minimum Gasteiger partial charge on any atom is -0.447 e. The van der Waals surface area contributed by atoms with Crippen LogP contribution >= 0.6 is 0 Å². The van der Waals surface area contributed by atoms with E-state index in [-0.39, 0.29) is 17.7 Å². The molecule has 0 radical (unpaired) electrons. The maximum Gasteiger partial charge on any atom is 0.410 e. The molecule has 0 aromatic rings. The number of carbonyl (C=O) groups excluding carboxylic acids is 1. The van der Waals surface area contributed by atoms with Crippen LogP contribution in [-0.2, 0) is 4.74 Å². The Bertz CT molecular complexity index is 235. The van der Waals surface area contributed by atoms with Gasteiger partial charge in [-0.15, -0.1) is 0 Å². The van der Waals surface area contributed by atoms with Crippen LogP contribution in [-0.4, -0.2) is 35.7 Å². The van der Waals surface area contributed by atoms with Crippen LogP contribution in [0.5, 0.6) is 0 Å². The summed E-state index contributed by atoms with van der Waals surface area (Å²) >= 11 is 0. The number of nitrogens with two attached hydrogens (primary N) is 1. The molecule has 0 aliphatic heterocycles. The monoisotopic (exact) mass is 228 g/mol. The molecule has 0 atom stereocenters. The van der Waals surface area contributed by atoms with E-state index < -0.39 is 0 Å². The molecule has 0 bridgehead atoms. The number of rotatable bonds is 4. The molecule has 1 rings (SSSR count). The molecule has 0 spiro atoms. The molecule has 0 unspecified atom stereocenters. The van der Waals surface area contributed by atoms with Gasteiger partial charge in [0.25, 0.3) is 0 Å². The Balaban J connectivity index is 2.75. The Labute approximate surface area is 98.1 Å². The van der Waals surface area contributed by atoms with Crippen molar-refractivity contribution in [2.45, 2.75) is 58.1 Å². The molecule has 0 heterocycles. The average Bonchev–Trinajstić information content (AvgIpc) is 2.67. The lowest BCUT2D eigenvalue weighted by Gasteiger charge is -2.39. The molecule has 94 valence electrons. The van der Waals surface area contributed by atoms with Crippen LogP contribution in [0.25, 0.3) is 0 Å². The van der Waals surface area contributed by atoms with Gasteiger partial charge in [-0.1, -0.05) is 12.8 Å². The molecule has 1 fully saturated rings. The molecule has 0 saturated heterocycles. The first-order chi connectivity index (χ1) is 7.55. The van der Waals surface area contributed by atoms with Crippen LogP contribution in [0, 0.1) is 0 Å². The van der Waals surface area contributed by atoms with Gasteiger partial charge in [-0.3, -0.25) is 0 Å². The van der Waals surface area contributed by atoms with Crippen molar-refractivity contribution in [3.05, 3.63) is 0 Å². The van der Waals surface area contributed by atoms with Crippen LogP contribution in [0.2, 0.25) is 0 Å². The SMILES string of the molecule is CCN(C(=O)OC(C)C)C1(CN)CCCC1. The number of carbonyl (C=O) groups is 1. The number of nitrogens with zero attached hydrogens (tertiary/aromatic N) is 1. The first-order valence-corrected chi connectivity index (χ1v) is 6.24. The molecule has 1 aliphatic carbocycles. The van der Waals surface area contributed by atoms with E-state index in [4.69, 9.17) is 10.5 Å². The minimum atomic E-state index is -0.218. The molecule has 1 amide bonds. The van der Waals surface area contributed by atoms with Crippen LogP contribution in [0.4, 0.5) is 4.79 Å². The molecule has 1 aliphatic rings. The molecule has 4 heteroatoms. The van der Waals surface area contributed by atoms with Crippen molar-refractivity contribution < 1.29 is 9.53 Å². The van der Waals surface area contributed by atoms with E-state index in [1.165, 1.54) is 0 Å². The van der Waals surface area contributed by atoms with Crippen molar-refractivity contribution in [1.29, 1.82) is 0 Å². The van der Waals surface area contributed by atoms with Gasteiger partial charge in [-0.2, -0.15) is 0 Å². The fourth-order valence-corrected chi connectivity index (χ4v) is 2.54. The summed E-state index contributed by atoms with van der Waals surface area (Å²) in [6, 6.07) is 0. The van der Waals surface area contributed by atoms with E-state index in [0.29, 0.717) is 13.1 Å².